The lowest BCUT2D eigenvalue weighted by molar-refractivity contribution is 0.193. The van der Waals surface area contributed by atoms with Crippen LogP contribution in [0.1, 0.15) is 42.7 Å². The van der Waals surface area contributed by atoms with Gasteiger partial charge in [0.25, 0.3) is 0 Å². The molecule has 1 saturated carbocycles. The van der Waals surface area contributed by atoms with Crippen LogP contribution in [0, 0.1) is 0 Å². The van der Waals surface area contributed by atoms with E-state index in [1.165, 1.54) is 12.8 Å². The van der Waals surface area contributed by atoms with Gasteiger partial charge in [0.2, 0.25) is 5.95 Å². The molecule has 2 aliphatic rings. The van der Waals surface area contributed by atoms with Crippen molar-refractivity contribution in [2.24, 2.45) is 0 Å². The summed E-state index contributed by atoms with van der Waals surface area (Å²) in [4.78, 5) is 12.8. The molecule has 5 rings (SSSR count). The van der Waals surface area contributed by atoms with Crippen molar-refractivity contribution < 1.29 is 4.74 Å². The number of hydrogen-bond acceptors (Lipinski definition) is 4. The van der Waals surface area contributed by atoms with E-state index in [4.69, 9.17) is 14.8 Å². The second kappa shape index (κ2) is 4.64. The average Bonchev–Trinajstić information content (AvgIpc) is 2.99. The fraction of sp³-hybridized carbons (Fsp3) is 0.438. The van der Waals surface area contributed by atoms with Crippen LogP contribution in [0.25, 0.3) is 17.0 Å². The zero-order valence-corrected chi connectivity index (χ0v) is 12.2. The molecule has 2 fully saturated rings. The number of fused-ring (bicyclic) bond motifs is 1. The SMILES string of the molecule is c1ccc2[nH]c(-n3nc([C@H]4CCOC4)nc3C3CC3)nc2c1. The smallest absolute Gasteiger partial charge is 0.230 e. The van der Waals surface area contributed by atoms with E-state index in [1.54, 1.807) is 0 Å². The third kappa shape index (κ3) is 1.94. The first-order valence-corrected chi connectivity index (χ1v) is 7.88. The summed E-state index contributed by atoms with van der Waals surface area (Å²) in [6.45, 7) is 1.54. The minimum Gasteiger partial charge on any atom is -0.381 e. The van der Waals surface area contributed by atoms with E-state index in [9.17, 15) is 0 Å². The third-order valence-electron chi connectivity index (χ3n) is 4.46. The Morgan fingerprint density at radius 2 is 2.00 bits per heavy atom. The van der Waals surface area contributed by atoms with Gasteiger partial charge in [0.15, 0.2) is 5.82 Å². The molecule has 0 radical (unpaired) electrons. The van der Waals surface area contributed by atoms with Crippen molar-refractivity contribution in [3.63, 3.8) is 0 Å². The molecule has 0 spiro atoms. The maximum Gasteiger partial charge on any atom is 0.230 e. The second-order valence-electron chi connectivity index (χ2n) is 6.15. The number of nitrogens with one attached hydrogen (secondary N) is 1. The predicted molar refractivity (Wildman–Crippen MR) is 81.2 cm³/mol. The molecule has 6 nitrogen and oxygen atoms in total. The average molecular weight is 295 g/mol. The van der Waals surface area contributed by atoms with Gasteiger partial charge in [-0.1, -0.05) is 12.1 Å². The number of imidazole rings is 1. The highest BCUT2D eigenvalue weighted by Crippen LogP contribution is 2.40. The Labute approximate surface area is 127 Å². The van der Waals surface area contributed by atoms with Gasteiger partial charge in [0, 0.05) is 18.4 Å². The maximum atomic E-state index is 5.48. The molecular weight excluding hydrogens is 278 g/mol. The summed E-state index contributed by atoms with van der Waals surface area (Å²) in [6, 6.07) is 8.05. The van der Waals surface area contributed by atoms with Gasteiger partial charge in [-0.2, -0.15) is 4.68 Å². The lowest BCUT2D eigenvalue weighted by Crippen LogP contribution is -2.05. The largest absolute Gasteiger partial charge is 0.381 e. The molecule has 1 saturated heterocycles. The Hall–Kier alpha value is -2.21. The zero-order chi connectivity index (χ0) is 14.5. The number of H-pyrrole nitrogens is 1. The Morgan fingerprint density at radius 3 is 2.77 bits per heavy atom. The van der Waals surface area contributed by atoms with E-state index in [1.807, 2.05) is 28.9 Å². The van der Waals surface area contributed by atoms with E-state index in [-0.39, 0.29) is 0 Å². The van der Waals surface area contributed by atoms with Crippen LogP contribution in [0.2, 0.25) is 0 Å². The molecule has 1 atom stereocenters. The summed E-state index contributed by atoms with van der Waals surface area (Å²) in [7, 11) is 0. The van der Waals surface area contributed by atoms with Crippen LogP contribution in [-0.2, 0) is 4.74 Å². The molecule has 1 aliphatic carbocycles. The van der Waals surface area contributed by atoms with Crippen molar-refractivity contribution in [2.45, 2.75) is 31.1 Å². The van der Waals surface area contributed by atoms with Crippen LogP contribution in [-0.4, -0.2) is 37.9 Å². The molecule has 2 aromatic heterocycles. The Bertz CT molecular complexity index is 793. The topological polar surface area (TPSA) is 68.6 Å². The molecule has 0 bridgehead atoms. The monoisotopic (exact) mass is 295 g/mol. The summed E-state index contributed by atoms with van der Waals surface area (Å²) in [5.74, 6) is 3.56. The number of benzene rings is 1. The van der Waals surface area contributed by atoms with Crippen LogP contribution in [0.15, 0.2) is 24.3 Å². The first kappa shape index (κ1) is 12.3. The first-order chi connectivity index (χ1) is 10.9. The van der Waals surface area contributed by atoms with Gasteiger partial charge < -0.3 is 9.72 Å². The van der Waals surface area contributed by atoms with Gasteiger partial charge >= 0.3 is 0 Å². The predicted octanol–water partition coefficient (Wildman–Crippen LogP) is 2.52. The minimum atomic E-state index is 0.322. The van der Waals surface area contributed by atoms with Crippen molar-refractivity contribution in [1.82, 2.24) is 24.7 Å². The summed E-state index contributed by atoms with van der Waals surface area (Å²) in [5, 5.41) is 4.75. The van der Waals surface area contributed by atoms with Gasteiger partial charge in [0.1, 0.15) is 5.82 Å². The van der Waals surface area contributed by atoms with E-state index < -0.39 is 0 Å². The highest BCUT2D eigenvalue weighted by molar-refractivity contribution is 5.75. The molecule has 1 aromatic carbocycles. The van der Waals surface area contributed by atoms with Gasteiger partial charge in [-0.15, -0.1) is 5.10 Å². The van der Waals surface area contributed by atoms with Gasteiger partial charge in [-0.25, -0.2) is 9.97 Å². The Balaban J connectivity index is 1.62. The Kier molecular flexibility index (Phi) is 2.61. The zero-order valence-electron chi connectivity index (χ0n) is 12.2. The molecule has 3 heterocycles. The maximum absolute atomic E-state index is 5.48. The van der Waals surface area contributed by atoms with E-state index in [2.05, 4.69) is 9.97 Å². The molecule has 6 heteroatoms. The van der Waals surface area contributed by atoms with E-state index in [0.717, 1.165) is 48.3 Å². The van der Waals surface area contributed by atoms with Crippen molar-refractivity contribution in [3.05, 3.63) is 35.9 Å². The van der Waals surface area contributed by atoms with Gasteiger partial charge in [-0.3, -0.25) is 0 Å². The quantitative estimate of drug-likeness (QED) is 0.806. The number of para-hydroxylation sites is 2. The summed E-state index contributed by atoms with van der Waals surface area (Å²) < 4.78 is 7.39. The number of ether oxygens (including phenoxy) is 1. The van der Waals surface area contributed by atoms with E-state index in [0.29, 0.717) is 11.8 Å². The van der Waals surface area contributed by atoms with Gasteiger partial charge in [-0.05, 0) is 31.4 Å². The van der Waals surface area contributed by atoms with E-state index >= 15 is 0 Å². The Morgan fingerprint density at radius 1 is 1.09 bits per heavy atom. The van der Waals surface area contributed by atoms with Gasteiger partial charge in [0.05, 0.1) is 17.6 Å². The molecule has 0 amide bonds. The highest BCUT2D eigenvalue weighted by Gasteiger charge is 2.33. The molecule has 1 N–H and O–H groups in total. The summed E-state index contributed by atoms with van der Waals surface area (Å²) in [5.41, 5.74) is 1.99. The number of aromatic amines is 1. The third-order valence-corrected chi connectivity index (χ3v) is 4.46. The number of nitrogens with zero attached hydrogens (tertiary/aromatic N) is 4. The molecular formula is C16H17N5O. The minimum absolute atomic E-state index is 0.322. The fourth-order valence-corrected chi connectivity index (χ4v) is 3.05. The number of rotatable bonds is 3. The fourth-order valence-electron chi connectivity index (χ4n) is 3.05. The highest BCUT2D eigenvalue weighted by atomic mass is 16.5. The normalized spacial score (nSPS) is 21.7. The van der Waals surface area contributed by atoms with Crippen molar-refractivity contribution in [2.75, 3.05) is 13.2 Å². The van der Waals surface area contributed by atoms with Crippen LogP contribution in [0.5, 0.6) is 0 Å². The first-order valence-electron chi connectivity index (χ1n) is 7.88. The van der Waals surface area contributed by atoms with Crippen LogP contribution >= 0.6 is 0 Å². The molecule has 112 valence electrons. The second-order valence-corrected chi connectivity index (χ2v) is 6.15. The molecule has 1 aliphatic heterocycles. The van der Waals surface area contributed by atoms with Crippen molar-refractivity contribution >= 4 is 11.0 Å². The van der Waals surface area contributed by atoms with Crippen LogP contribution in [0.3, 0.4) is 0 Å². The van der Waals surface area contributed by atoms with Crippen LogP contribution < -0.4 is 0 Å². The van der Waals surface area contributed by atoms with Crippen LogP contribution in [0.4, 0.5) is 0 Å². The molecule has 0 unspecified atom stereocenters. The lowest BCUT2D eigenvalue weighted by atomic mass is 10.1. The standard InChI is InChI=1S/C16H17N5O/c1-2-4-13-12(3-1)17-16(18-13)21-15(10-5-6-10)19-14(20-21)11-7-8-22-9-11/h1-4,10-11H,5-9H2,(H,17,18)/t11-/m0/s1. The molecule has 22 heavy (non-hydrogen) atoms. The number of aromatic nitrogens is 5. The summed E-state index contributed by atoms with van der Waals surface area (Å²) >= 11 is 0. The van der Waals surface area contributed by atoms with Crippen molar-refractivity contribution in [1.29, 1.82) is 0 Å². The molecule has 3 aromatic rings. The lowest BCUT2D eigenvalue weighted by Gasteiger charge is -2.00. The van der Waals surface area contributed by atoms with Crippen molar-refractivity contribution in [3.8, 4) is 5.95 Å². The number of hydrogen-bond donors (Lipinski definition) is 1. The summed E-state index contributed by atoms with van der Waals surface area (Å²) in [6.07, 6.45) is 3.40.